The van der Waals surface area contributed by atoms with Gasteiger partial charge < -0.3 is 26.4 Å². The average Bonchev–Trinajstić information content (AvgIpc) is 2.09. The molecule has 0 atom stereocenters. The van der Waals surface area contributed by atoms with Crippen molar-refractivity contribution >= 4 is 17.7 Å². The minimum absolute atomic E-state index is 0.162. The van der Waals surface area contributed by atoms with Crippen molar-refractivity contribution in [3.8, 4) is 11.5 Å². The van der Waals surface area contributed by atoms with Gasteiger partial charge in [-0.25, -0.2) is 9.59 Å². The standard InChI is InChI=1S/C8H8N2O5/c9-8(15)10-4-2-5(11)3(7(13)14)1-6(4)12/h1-2,11-12H,(H,13,14)(H3,9,10,15). The summed E-state index contributed by atoms with van der Waals surface area (Å²) in [5.74, 6) is -2.47. The molecule has 6 N–H and O–H groups in total. The number of phenolic OH excluding ortho intramolecular Hbond substituents is 1. The summed E-state index contributed by atoms with van der Waals surface area (Å²) < 4.78 is 0. The van der Waals surface area contributed by atoms with Crippen LogP contribution in [0, 0.1) is 0 Å². The molecule has 1 rings (SSSR count). The maximum absolute atomic E-state index is 10.5. The molecule has 0 unspecified atom stereocenters. The summed E-state index contributed by atoms with van der Waals surface area (Å²) in [7, 11) is 0. The number of benzene rings is 1. The van der Waals surface area contributed by atoms with E-state index in [9.17, 15) is 19.8 Å². The Morgan fingerprint density at radius 1 is 1.20 bits per heavy atom. The predicted molar refractivity (Wildman–Crippen MR) is 49.9 cm³/mol. The summed E-state index contributed by atoms with van der Waals surface area (Å²) >= 11 is 0. The second-order valence-corrected chi connectivity index (χ2v) is 2.68. The monoisotopic (exact) mass is 212 g/mol. The number of nitrogens with two attached hydrogens (primary N) is 1. The predicted octanol–water partition coefficient (Wildman–Crippen LogP) is 0.287. The Kier molecular flexibility index (Phi) is 2.65. The van der Waals surface area contributed by atoms with E-state index >= 15 is 0 Å². The summed E-state index contributed by atoms with van der Waals surface area (Å²) in [4.78, 5) is 21.0. The van der Waals surface area contributed by atoms with Crippen LogP contribution in [-0.4, -0.2) is 27.3 Å². The van der Waals surface area contributed by atoms with Crippen molar-refractivity contribution < 1.29 is 24.9 Å². The molecule has 15 heavy (non-hydrogen) atoms. The van der Waals surface area contributed by atoms with Crippen LogP contribution in [0.5, 0.6) is 11.5 Å². The normalized spacial score (nSPS) is 9.60. The van der Waals surface area contributed by atoms with E-state index in [2.05, 4.69) is 0 Å². The molecule has 0 saturated heterocycles. The number of anilines is 1. The van der Waals surface area contributed by atoms with Gasteiger partial charge in [0.2, 0.25) is 0 Å². The number of phenols is 2. The topological polar surface area (TPSA) is 133 Å². The first-order valence-electron chi connectivity index (χ1n) is 3.77. The van der Waals surface area contributed by atoms with Gasteiger partial charge in [0, 0.05) is 12.1 Å². The van der Waals surface area contributed by atoms with E-state index in [0.29, 0.717) is 0 Å². The van der Waals surface area contributed by atoms with E-state index in [-0.39, 0.29) is 5.69 Å². The zero-order chi connectivity index (χ0) is 11.6. The number of hydrogen-bond acceptors (Lipinski definition) is 4. The van der Waals surface area contributed by atoms with Crippen molar-refractivity contribution in [2.24, 2.45) is 5.73 Å². The van der Waals surface area contributed by atoms with Gasteiger partial charge in [-0.05, 0) is 0 Å². The molecule has 7 nitrogen and oxygen atoms in total. The van der Waals surface area contributed by atoms with Gasteiger partial charge in [-0.1, -0.05) is 0 Å². The highest BCUT2D eigenvalue weighted by Gasteiger charge is 2.14. The van der Waals surface area contributed by atoms with Crippen LogP contribution < -0.4 is 11.1 Å². The van der Waals surface area contributed by atoms with E-state index in [1.165, 1.54) is 0 Å². The maximum Gasteiger partial charge on any atom is 0.339 e. The summed E-state index contributed by atoms with van der Waals surface area (Å²) in [6.07, 6.45) is 0. The number of carbonyl (C=O) groups is 2. The fourth-order valence-corrected chi connectivity index (χ4v) is 0.981. The fourth-order valence-electron chi connectivity index (χ4n) is 0.981. The Morgan fingerprint density at radius 2 is 1.80 bits per heavy atom. The molecule has 2 amide bonds. The van der Waals surface area contributed by atoms with Crippen molar-refractivity contribution in [1.82, 2.24) is 0 Å². The minimum Gasteiger partial charge on any atom is -0.507 e. The molecule has 0 bridgehead atoms. The van der Waals surface area contributed by atoms with Gasteiger partial charge in [-0.15, -0.1) is 0 Å². The molecule has 0 spiro atoms. The Hall–Kier alpha value is -2.44. The van der Waals surface area contributed by atoms with Crippen molar-refractivity contribution in [2.75, 3.05) is 5.32 Å². The molecule has 0 saturated carbocycles. The van der Waals surface area contributed by atoms with Crippen LogP contribution in [0.25, 0.3) is 0 Å². The number of aromatic hydroxyl groups is 2. The second-order valence-electron chi connectivity index (χ2n) is 2.68. The molecule has 80 valence electrons. The van der Waals surface area contributed by atoms with E-state index in [0.717, 1.165) is 12.1 Å². The van der Waals surface area contributed by atoms with Crippen molar-refractivity contribution in [1.29, 1.82) is 0 Å². The summed E-state index contributed by atoms with van der Waals surface area (Å²) in [5.41, 5.74) is 4.15. The highest BCUT2D eigenvalue weighted by atomic mass is 16.4. The molecule has 0 aliphatic rings. The summed E-state index contributed by atoms with van der Waals surface area (Å²) in [6, 6.07) is 0.764. The van der Waals surface area contributed by atoms with E-state index in [4.69, 9.17) is 10.8 Å². The molecule has 0 aliphatic carbocycles. The molecular formula is C8H8N2O5. The van der Waals surface area contributed by atoms with Gasteiger partial charge in [0.05, 0.1) is 5.69 Å². The Labute approximate surface area is 83.8 Å². The zero-order valence-electron chi connectivity index (χ0n) is 7.39. The van der Waals surface area contributed by atoms with Crippen LogP contribution in [0.2, 0.25) is 0 Å². The number of urea groups is 1. The van der Waals surface area contributed by atoms with Gasteiger partial charge >= 0.3 is 12.0 Å². The number of amides is 2. The molecular weight excluding hydrogens is 204 g/mol. The van der Waals surface area contributed by atoms with E-state index < -0.39 is 29.1 Å². The first-order valence-corrected chi connectivity index (χ1v) is 3.77. The van der Waals surface area contributed by atoms with Crippen LogP contribution in [-0.2, 0) is 0 Å². The Morgan fingerprint density at radius 3 is 2.27 bits per heavy atom. The Bertz CT molecular complexity index is 429. The van der Waals surface area contributed by atoms with Crippen LogP contribution in [0.15, 0.2) is 12.1 Å². The van der Waals surface area contributed by atoms with Gasteiger partial charge in [0.25, 0.3) is 0 Å². The van der Waals surface area contributed by atoms with Gasteiger partial charge in [-0.2, -0.15) is 0 Å². The number of carboxylic acids is 1. The lowest BCUT2D eigenvalue weighted by atomic mass is 10.1. The lowest BCUT2D eigenvalue weighted by Crippen LogP contribution is -2.19. The molecule has 0 aliphatic heterocycles. The summed E-state index contributed by atoms with van der Waals surface area (Å²) in [5, 5.41) is 29.1. The van der Waals surface area contributed by atoms with Crippen LogP contribution in [0.4, 0.5) is 10.5 Å². The third-order valence-electron chi connectivity index (χ3n) is 1.60. The van der Waals surface area contributed by atoms with E-state index in [1.807, 2.05) is 5.32 Å². The highest BCUT2D eigenvalue weighted by molar-refractivity contribution is 5.95. The van der Waals surface area contributed by atoms with Crippen molar-refractivity contribution in [3.63, 3.8) is 0 Å². The lowest BCUT2D eigenvalue weighted by molar-refractivity contribution is 0.0693. The number of primary amides is 1. The molecule has 1 aromatic carbocycles. The number of hydrogen-bond donors (Lipinski definition) is 5. The zero-order valence-corrected chi connectivity index (χ0v) is 7.39. The third kappa shape index (κ3) is 2.27. The van der Waals surface area contributed by atoms with Gasteiger partial charge in [0.1, 0.15) is 17.1 Å². The molecule has 0 aromatic heterocycles. The smallest absolute Gasteiger partial charge is 0.339 e. The number of aromatic carboxylic acids is 1. The fraction of sp³-hybridized carbons (Fsp3) is 0. The number of rotatable bonds is 2. The highest BCUT2D eigenvalue weighted by Crippen LogP contribution is 2.31. The van der Waals surface area contributed by atoms with Crippen LogP contribution in [0.1, 0.15) is 10.4 Å². The maximum atomic E-state index is 10.5. The molecule has 1 aromatic rings. The SMILES string of the molecule is NC(=O)Nc1cc(O)c(C(=O)O)cc1O. The third-order valence-corrected chi connectivity index (χ3v) is 1.60. The number of carbonyl (C=O) groups excluding carboxylic acids is 1. The van der Waals surface area contributed by atoms with Gasteiger partial charge in [-0.3, -0.25) is 0 Å². The summed E-state index contributed by atoms with van der Waals surface area (Å²) in [6.45, 7) is 0. The van der Waals surface area contributed by atoms with Crippen LogP contribution >= 0.6 is 0 Å². The van der Waals surface area contributed by atoms with Crippen LogP contribution in [0.3, 0.4) is 0 Å². The lowest BCUT2D eigenvalue weighted by Gasteiger charge is -2.07. The number of nitrogens with one attached hydrogen (secondary N) is 1. The molecule has 0 heterocycles. The minimum atomic E-state index is -1.39. The first kappa shape index (κ1) is 10.6. The van der Waals surface area contributed by atoms with Crippen molar-refractivity contribution in [3.05, 3.63) is 17.7 Å². The molecule has 0 fully saturated rings. The molecule has 7 heteroatoms. The second kappa shape index (κ2) is 3.74. The van der Waals surface area contributed by atoms with Gasteiger partial charge in [0.15, 0.2) is 0 Å². The van der Waals surface area contributed by atoms with Crippen molar-refractivity contribution in [2.45, 2.75) is 0 Å². The largest absolute Gasteiger partial charge is 0.507 e. The average molecular weight is 212 g/mol. The number of carboxylic acid groups (broad SMARTS) is 1. The quantitative estimate of drug-likeness (QED) is 0.355. The Balaban J connectivity index is 3.19. The van der Waals surface area contributed by atoms with E-state index in [1.54, 1.807) is 0 Å². The molecule has 0 radical (unpaired) electrons. The first-order chi connectivity index (χ1) is 6.91.